The normalized spacial score (nSPS) is 28.3. The molecular formula is C12H17F3N2O. The Morgan fingerprint density at radius 2 is 2.11 bits per heavy atom. The Hall–Kier alpha value is -1.04. The van der Waals surface area contributed by atoms with Gasteiger partial charge in [-0.15, -0.1) is 0 Å². The molecule has 3 nitrogen and oxygen atoms in total. The third kappa shape index (κ3) is 2.68. The summed E-state index contributed by atoms with van der Waals surface area (Å²) in [4.78, 5) is 0. The van der Waals surface area contributed by atoms with Gasteiger partial charge < -0.3 is 5.11 Å². The quantitative estimate of drug-likeness (QED) is 0.844. The molecule has 102 valence electrons. The summed E-state index contributed by atoms with van der Waals surface area (Å²) in [6.07, 6.45) is -1.11. The second-order valence-corrected chi connectivity index (χ2v) is 5.75. The molecule has 0 spiro atoms. The van der Waals surface area contributed by atoms with Crippen molar-refractivity contribution in [2.24, 2.45) is 5.41 Å². The van der Waals surface area contributed by atoms with E-state index in [0.29, 0.717) is 12.8 Å². The van der Waals surface area contributed by atoms with Crippen LogP contribution in [0.25, 0.3) is 0 Å². The molecule has 1 fully saturated rings. The fourth-order valence-electron chi connectivity index (χ4n) is 2.47. The third-order valence-electron chi connectivity index (χ3n) is 3.59. The summed E-state index contributed by atoms with van der Waals surface area (Å²) in [6.45, 7) is 4.11. The van der Waals surface area contributed by atoms with Gasteiger partial charge in [0.2, 0.25) is 0 Å². The van der Waals surface area contributed by atoms with Gasteiger partial charge in [0.05, 0.1) is 23.9 Å². The molecule has 0 aromatic carbocycles. The van der Waals surface area contributed by atoms with Gasteiger partial charge >= 0.3 is 6.18 Å². The van der Waals surface area contributed by atoms with Crippen LogP contribution in [0.1, 0.15) is 44.7 Å². The zero-order valence-electron chi connectivity index (χ0n) is 10.4. The fraction of sp³-hybridized carbons (Fsp3) is 0.750. The van der Waals surface area contributed by atoms with Crippen molar-refractivity contribution >= 4 is 0 Å². The second-order valence-electron chi connectivity index (χ2n) is 5.75. The van der Waals surface area contributed by atoms with E-state index in [1.165, 1.54) is 4.68 Å². The molecule has 0 aliphatic heterocycles. The number of aliphatic hydroxyl groups excluding tert-OH is 1. The lowest BCUT2D eigenvalue weighted by Crippen LogP contribution is -2.35. The minimum absolute atomic E-state index is 0.0221. The van der Waals surface area contributed by atoms with Crippen molar-refractivity contribution in [3.05, 3.63) is 18.0 Å². The predicted octanol–water partition coefficient (Wildman–Crippen LogP) is 3.01. The van der Waals surface area contributed by atoms with Crippen LogP contribution in [0.4, 0.5) is 13.2 Å². The molecule has 1 aliphatic rings. The van der Waals surface area contributed by atoms with E-state index in [4.69, 9.17) is 0 Å². The van der Waals surface area contributed by atoms with Crippen LogP contribution in [-0.4, -0.2) is 21.0 Å². The summed E-state index contributed by atoms with van der Waals surface area (Å²) >= 11 is 0. The minimum atomic E-state index is -4.38. The van der Waals surface area contributed by atoms with Gasteiger partial charge in [0, 0.05) is 6.20 Å². The average Bonchev–Trinajstić information content (AvgIpc) is 2.70. The number of nitrogens with zero attached hydrogens (tertiary/aromatic N) is 2. The van der Waals surface area contributed by atoms with Crippen molar-refractivity contribution in [1.29, 1.82) is 0 Å². The molecule has 0 radical (unpaired) electrons. The summed E-state index contributed by atoms with van der Waals surface area (Å²) in [6, 6.07) is -0.371. The number of aromatic nitrogens is 2. The number of rotatable bonds is 1. The van der Waals surface area contributed by atoms with Crippen LogP contribution in [0.15, 0.2) is 12.4 Å². The highest BCUT2D eigenvalue weighted by atomic mass is 19.4. The van der Waals surface area contributed by atoms with Crippen molar-refractivity contribution < 1.29 is 18.3 Å². The molecule has 1 aromatic heterocycles. The molecule has 1 aliphatic carbocycles. The molecule has 1 N–H and O–H groups in total. The Balaban J connectivity index is 2.22. The third-order valence-corrected chi connectivity index (χ3v) is 3.59. The van der Waals surface area contributed by atoms with E-state index in [-0.39, 0.29) is 11.5 Å². The summed E-state index contributed by atoms with van der Waals surface area (Å²) in [5, 5.41) is 13.7. The van der Waals surface area contributed by atoms with Crippen LogP contribution < -0.4 is 0 Å². The van der Waals surface area contributed by atoms with E-state index in [1.807, 2.05) is 0 Å². The molecule has 2 atom stereocenters. The maximum absolute atomic E-state index is 12.5. The Morgan fingerprint density at radius 1 is 1.44 bits per heavy atom. The average molecular weight is 262 g/mol. The maximum Gasteiger partial charge on any atom is 0.419 e. The standard InChI is InChI=1S/C12H17F3N2O/c1-11(2)4-3-10(18)9(5-11)17-7-8(6-16-17)12(13,14)15/h6-7,9-10,18H,3-5H2,1-2H3. The summed E-state index contributed by atoms with van der Waals surface area (Å²) < 4.78 is 38.8. The van der Waals surface area contributed by atoms with Gasteiger partial charge in [0.25, 0.3) is 0 Å². The van der Waals surface area contributed by atoms with Crippen molar-refractivity contribution in [2.75, 3.05) is 0 Å². The van der Waals surface area contributed by atoms with E-state index in [2.05, 4.69) is 18.9 Å². The first-order valence-corrected chi connectivity index (χ1v) is 5.98. The Kier molecular flexibility index (Phi) is 3.17. The molecule has 0 saturated heterocycles. The van der Waals surface area contributed by atoms with Crippen LogP contribution in [-0.2, 0) is 6.18 Å². The van der Waals surface area contributed by atoms with Gasteiger partial charge in [0.15, 0.2) is 0 Å². The van der Waals surface area contributed by atoms with E-state index < -0.39 is 17.8 Å². The summed E-state index contributed by atoms with van der Waals surface area (Å²) in [7, 11) is 0. The molecular weight excluding hydrogens is 245 g/mol. The lowest BCUT2D eigenvalue weighted by atomic mass is 9.74. The smallest absolute Gasteiger partial charge is 0.391 e. The molecule has 0 bridgehead atoms. The monoisotopic (exact) mass is 262 g/mol. The highest BCUT2D eigenvalue weighted by Crippen LogP contribution is 2.41. The van der Waals surface area contributed by atoms with Crippen LogP contribution >= 0.6 is 0 Å². The van der Waals surface area contributed by atoms with E-state index in [1.54, 1.807) is 0 Å². The Labute approximate surface area is 104 Å². The molecule has 1 saturated carbocycles. The van der Waals surface area contributed by atoms with Crippen LogP contribution in [0, 0.1) is 5.41 Å². The first-order chi connectivity index (χ1) is 8.19. The van der Waals surface area contributed by atoms with Gasteiger partial charge in [-0.3, -0.25) is 4.68 Å². The number of hydrogen-bond donors (Lipinski definition) is 1. The lowest BCUT2D eigenvalue weighted by Gasteiger charge is -2.38. The molecule has 6 heteroatoms. The molecule has 18 heavy (non-hydrogen) atoms. The zero-order valence-corrected chi connectivity index (χ0v) is 10.4. The molecule has 2 rings (SSSR count). The van der Waals surface area contributed by atoms with Crippen molar-refractivity contribution in [2.45, 2.75) is 51.4 Å². The van der Waals surface area contributed by atoms with Gasteiger partial charge in [-0.2, -0.15) is 18.3 Å². The molecule has 0 amide bonds. The second kappa shape index (κ2) is 4.26. The van der Waals surface area contributed by atoms with Crippen molar-refractivity contribution in [1.82, 2.24) is 9.78 Å². The molecule has 1 heterocycles. The first-order valence-electron chi connectivity index (χ1n) is 5.98. The van der Waals surface area contributed by atoms with Crippen LogP contribution in [0.2, 0.25) is 0 Å². The van der Waals surface area contributed by atoms with Gasteiger partial charge in [0.1, 0.15) is 0 Å². The highest BCUT2D eigenvalue weighted by molar-refractivity contribution is 5.09. The van der Waals surface area contributed by atoms with Gasteiger partial charge in [-0.05, 0) is 24.7 Å². The molecule has 1 aromatic rings. The number of halogens is 3. The van der Waals surface area contributed by atoms with Crippen LogP contribution in [0.5, 0.6) is 0 Å². The van der Waals surface area contributed by atoms with E-state index in [9.17, 15) is 18.3 Å². The minimum Gasteiger partial charge on any atom is -0.391 e. The van der Waals surface area contributed by atoms with Crippen LogP contribution in [0.3, 0.4) is 0 Å². The summed E-state index contributed by atoms with van der Waals surface area (Å²) in [5.41, 5.74) is -0.744. The van der Waals surface area contributed by atoms with Gasteiger partial charge in [-0.1, -0.05) is 13.8 Å². The number of hydrogen-bond acceptors (Lipinski definition) is 2. The van der Waals surface area contributed by atoms with E-state index >= 15 is 0 Å². The largest absolute Gasteiger partial charge is 0.419 e. The maximum atomic E-state index is 12.5. The van der Waals surface area contributed by atoms with Gasteiger partial charge in [-0.25, -0.2) is 0 Å². The van der Waals surface area contributed by atoms with E-state index in [0.717, 1.165) is 18.8 Å². The number of alkyl halides is 3. The molecule has 2 unspecified atom stereocenters. The zero-order chi connectivity index (χ0) is 13.6. The predicted molar refractivity (Wildman–Crippen MR) is 59.9 cm³/mol. The fourth-order valence-corrected chi connectivity index (χ4v) is 2.47. The van der Waals surface area contributed by atoms with Crippen molar-refractivity contribution in [3.8, 4) is 0 Å². The first kappa shape index (κ1) is 13.4. The number of aliphatic hydroxyl groups is 1. The topological polar surface area (TPSA) is 38.0 Å². The highest BCUT2D eigenvalue weighted by Gasteiger charge is 2.37. The van der Waals surface area contributed by atoms with Crippen molar-refractivity contribution in [3.63, 3.8) is 0 Å². The Bertz CT molecular complexity index is 425. The SMILES string of the molecule is CC1(C)CCC(O)C(n2cc(C(F)(F)F)cn2)C1. The summed E-state index contributed by atoms with van der Waals surface area (Å²) in [5.74, 6) is 0. The Morgan fingerprint density at radius 3 is 2.67 bits per heavy atom. The lowest BCUT2D eigenvalue weighted by molar-refractivity contribution is -0.137.